The van der Waals surface area contributed by atoms with Crippen LogP contribution in [0.3, 0.4) is 0 Å². The number of aliphatic hydroxyl groups is 1. The van der Waals surface area contributed by atoms with Gasteiger partial charge in [0.25, 0.3) is 0 Å². The van der Waals surface area contributed by atoms with Crippen LogP contribution in [0.2, 0.25) is 0 Å². The summed E-state index contributed by atoms with van der Waals surface area (Å²) in [5.74, 6) is 0.407. The van der Waals surface area contributed by atoms with Gasteiger partial charge in [0.1, 0.15) is 0 Å². The predicted molar refractivity (Wildman–Crippen MR) is 67.3 cm³/mol. The summed E-state index contributed by atoms with van der Waals surface area (Å²) in [6.07, 6.45) is 1.52. The maximum Gasteiger partial charge on any atom is 0.223 e. The summed E-state index contributed by atoms with van der Waals surface area (Å²) >= 11 is 0. The second kappa shape index (κ2) is 9.27. The number of hydrogen-bond donors (Lipinski definition) is 3. The standard InChI is InChI=1S/C12H24N2O4/c1-17-6-7-18-9-11(15)8-13-4-5-14-12(16)10-2-3-10/h10-11,13,15H,2-9H2,1H3,(H,14,16). The van der Waals surface area contributed by atoms with Crippen LogP contribution in [0.1, 0.15) is 12.8 Å². The lowest BCUT2D eigenvalue weighted by molar-refractivity contribution is -0.122. The van der Waals surface area contributed by atoms with Crippen molar-refractivity contribution in [2.45, 2.75) is 18.9 Å². The SMILES string of the molecule is COCCOCC(O)CNCCNC(=O)C1CC1. The van der Waals surface area contributed by atoms with E-state index in [1.54, 1.807) is 7.11 Å². The topological polar surface area (TPSA) is 79.8 Å². The zero-order valence-corrected chi connectivity index (χ0v) is 11.0. The van der Waals surface area contributed by atoms with E-state index in [0.717, 1.165) is 12.8 Å². The molecule has 1 saturated carbocycles. The lowest BCUT2D eigenvalue weighted by atomic mass is 10.3. The van der Waals surface area contributed by atoms with Crippen LogP contribution in [0.15, 0.2) is 0 Å². The Labute approximate surface area is 108 Å². The Morgan fingerprint density at radius 3 is 2.83 bits per heavy atom. The summed E-state index contributed by atoms with van der Waals surface area (Å²) in [6.45, 7) is 3.05. The van der Waals surface area contributed by atoms with Crippen molar-refractivity contribution in [1.82, 2.24) is 10.6 Å². The van der Waals surface area contributed by atoms with E-state index in [4.69, 9.17) is 9.47 Å². The Morgan fingerprint density at radius 1 is 1.39 bits per heavy atom. The van der Waals surface area contributed by atoms with Crippen LogP contribution in [-0.2, 0) is 14.3 Å². The maximum atomic E-state index is 11.3. The number of carbonyl (C=O) groups is 1. The van der Waals surface area contributed by atoms with Gasteiger partial charge in [0.2, 0.25) is 5.91 Å². The minimum atomic E-state index is -0.527. The van der Waals surface area contributed by atoms with Crippen molar-refractivity contribution < 1.29 is 19.4 Å². The third-order valence-corrected chi connectivity index (χ3v) is 2.67. The van der Waals surface area contributed by atoms with E-state index < -0.39 is 6.10 Å². The second-order valence-corrected chi connectivity index (χ2v) is 4.49. The maximum absolute atomic E-state index is 11.3. The van der Waals surface area contributed by atoms with Crippen molar-refractivity contribution in [2.24, 2.45) is 5.92 Å². The molecule has 6 heteroatoms. The molecule has 0 spiro atoms. The molecule has 1 amide bonds. The van der Waals surface area contributed by atoms with E-state index in [0.29, 0.717) is 39.5 Å². The van der Waals surface area contributed by atoms with E-state index in [2.05, 4.69) is 10.6 Å². The van der Waals surface area contributed by atoms with Gasteiger partial charge in [-0.3, -0.25) is 4.79 Å². The molecular formula is C12H24N2O4. The highest BCUT2D eigenvalue weighted by molar-refractivity contribution is 5.80. The molecule has 0 radical (unpaired) electrons. The molecule has 6 nitrogen and oxygen atoms in total. The fourth-order valence-corrected chi connectivity index (χ4v) is 1.45. The largest absolute Gasteiger partial charge is 0.389 e. The normalized spacial score (nSPS) is 16.6. The Balaban J connectivity index is 1.82. The van der Waals surface area contributed by atoms with Crippen LogP contribution in [0.4, 0.5) is 0 Å². The van der Waals surface area contributed by atoms with Gasteiger partial charge < -0.3 is 25.2 Å². The molecule has 1 aliphatic rings. The first-order valence-electron chi connectivity index (χ1n) is 6.47. The molecule has 0 aromatic rings. The molecule has 0 aromatic heterocycles. The van der Waals surface area contributed by atoms with Crippen LogP contribution in [0.25, 0.3) is 0 Å². The first-order chi connectivity index (χ1) is 8.74. The van der Waals surface area contributed by atoms with Gasteiger partial charge >= 0.3 is 0 Å². The number of carbonyl (C=O) groups excluding carboxylic acids is 1. The van der Waals surface area contributed by atoms with E-state index in [9.17, 15) is 9.90 Å². The Bertz CT molecular complexity index is 234. The third-order valence-electron chi connectivity index (χ3n) is 2.67. The molecule has 106 valence electrons. The van der Waals surface area contributed by atoms with Crippen LogP contribution in [0.5, 0.6) is 0 Å². The van der Waals surface area contributed by atoms with Crippen molar-refractivity contribution >= 4 is 5.91 Å². The Kier molecular flexibility index (Phi) is 7.91. The zero-order valence-electron chi connectivity index (χ0n) is 11.0. The Hall–Kier alpha value is -0.690. The number of rotatable bonds is 11. The predicted octanol–water partition coefficient (Wildman–Crippen LogP) is -0.874. The van der Waals surface area contributed by atoms with Gasteiger partial charge in [-0.25, -0.2) is 0 Å². The molecule has 0 saturated heterocycles. The molecule has 1 unspecified atom stereocenters. The smallest absolute Gasteiger partial charge is 0.223 e. The Morgan fingerprint density at radius 2 is 2.17 bits per heavy atom. The highest BCUT2D eigenvalue weighted by atomic mass is 16.5. The molecular weight excluding hydrogens is 236 g/mol. The van der Waals surface area contributed by atoms with Crippen molar-refractivity contribution in [3.63, 3.8) is 0 Å². The van der Waals surface area contributed by atoms with E-state index >= 15 is 0 Å². The van der Waals surface area contributed by atoms with Gasteiger partial charge in [0.15, 0.2) is 0 Å². The molecule has 1 aliphatic carbocycles. The molecule has 0 bridgehead atoms. The van der Waals surface area contributed by atoms with E-state index in [-0.39, 0.29) is 11.8 Å². The van der Waals surface area contributed by atoms with Crippen molar-refractivity contribution in [2.75, 3.05) is 46.6 Å². The van der Waals surface area contributed by atoms with Crippen molar-refractivity contribution in [3.8, 4) is 0 Å². The minimum absolute atomic E-state index is 0.153. The molecule has 0 heterocycles. The summed E-state index contributed by atoms with van der Waals surface area (Å²) in [5.41, 5.74) is 0. The van der Waals surface area contributed by atoms with Crippen LogP contribution >= 0.6 is 0 Å². The quantitative estimate of drug-likeness (QED) is 0.421. The molecule has 1 fully saturated rings. The van der Waals surface area contributed by atoms with Gasteiger partial charge in [0.05, 0.1) is 25.9 Å². The number of ether oxygens (including phenoxy) is 2. The van der Waals surface area contributed by atoms with Gasteiger partial charge in [-0.05, 0) is 12.8 Å². The third kappa shape index (κ3) is 7.60. The second-order valence-electron chi connectivity index (χ2n) is 4.49. The van der Waals surface area contributed by atoms with Gasteiger partial charge in [-0.15, -0.1) is 0 Å². The van der Waals surface area contributed by atoms with Gasteiger partial charge in [0, 0.05) is 32.7 Å². The number of amides is 1. The van der Waals surface area contributed by atoms with Gasteiger partial charge in [-0.2, -0.15) is 0 Å². The van der Waals surface area contributed by atoms with Crippen LogP contribution in [0, 0.1) is 5.92 Å². The van der Waals surface area contributed by atoms with Gasteiger partial charge in [-0.1, -0.05) is 0 Å². The van der Waals surface area contributed by atoms with E-state index in [1.807, 2.05) is 0 Å². The molecule has 1 atom stereocenters. The first-order valence-corrected chi connectivity index (χ1v) is 6.47. The highest BCUT2D eigenvalue weighted by Gasteiger charge is 2.28. The molecule has 3 N–H and O–H groups in total. The number of methoxy groups -OCH3 is 1. The average Bonchev–Trinajstić information content (AvgIpc) is 3.18. The summed E-state index contributed by atoms with van der Waals surface area (Å²) in [4.78, 5) is 11.3. The highest BCUT2D eigenvalue weighted by Crippen LogP contribution is 2.28. The summed E-state index contributed by atoms with van der Waals surface area (Å²) in [6, 6.07) is 0. The number of aliphatic hydroxyl groups excluding tert-OH is 1. The average molecular weight is 260 g/mol. The van der Waals surface area contributed by atoms with E-state index in [1.165, 1.54) is 0 Å². The molecule has 1 rings (SSSR count). The fourth-order valence-electron chi connectivity index (χ4n) is 1.45. The summed E-state index contributed by atoms with van der Waals surface area (Å²) in [7, 11) is 1.61. The number of nitrogens with one attached hydrogen (secondary N) is 2. The van der Waals surface area contributed by atoms with Crippen molar-refractivity contribution in [3.05, 3.63) is 0 Å². The molecule has 18 heavy (non-hydrogen) atoms. The fraction of sp³-hybridized carbons (Fsp3) is 0.917. The first kappa shape index (κ1) is 15.4. The molecule has 0 aromatic carbocycles. The lowest BCUT2D eigenvalue weighted by Crippen LogP contribution is -2.37. The summed E-state index contributed by atoms with van der Waals surface area (Å²) in [5, 5.41) is 15.5. The lowest BCUT2D eigenvalue weighted by Gasteiger charge is -2.12. The summed E-state index contributed by atoms with van der Waals surface area (Å²) < 4.78 is 10.0. The molecule has 0 aliphatic heterocycles. The minimum Gasteiger partial charge on any atom is -0.389 e. The monoisotopic (exact) mass is 260 g/mol. The number of hydrogen-bond acceptors (Lipinski definition) is 5. The van der Waals surface area contributed by atoms with Crippen LogP contribution in [-0.4, -0.2) is 63.7 Å². The van der Waals surface area contributed by atoms with Crippen LogP contribution < -0.4 is 10.6 Å². The zero-order chi connectivity index (χ0) is 13.2. The van der Waals surface area contributed by atoms with Crippen molar-refractivity contribution in [1.29, 1.82) is 0 Å².